The number of nitrogens with zero attached hydrogens (tertiary/aromatic N) is 1. The van der Waals surface area contributed by atoms with Crippen molar-refractivity contribution in [3.8, 4) is 17.2 Å². The zero-order valence-electron chi connectivity index (χ0n) is 19.2. The summed E-state index contributed by atoms with van der Waals surface area (Å²) in [6, 6.07) is 16.9. The number of carboxylic acids is 1. The number of thioether (sulfide) groups is 1. The van der Waals surface area contributed by atoms with Crippen LogP contribution in [0, 0.1) is 0 Å². The quantitative estimate of drug-likeness (QED) is 0.273. The fourth-order valence-corrected chi connectivity index (χ4v) is 5.11. The third kappa shape index (κ3) is 5.33. The van der Waals surface area contributed by atoms with Crippen LogP contribution in [0.4, 0.5) is 5.69 Å². The highest BCUT2D eigenvalue weighted by molar-refractivity contribution is 8.27. The number of para-hydroxylation sites is 2. The summed E-state index contributed by atoms with van der Waals surface area (Å²) < 4.78 is 17.1. The third-order valence-electron chi connectivity index (χ3n) is 5.23. The number of benzene rings is 3. The maximum Gasteiger partial charge on any atom is 0.335 e. The van der Waals surface area contributed by atoms with E-state index in [2.05, 4.69) is 0 Å². The van der Waals surface area contributed by atoms with Gasteiger partial charge in [-0.1, -0.05) is 59.8 Å². The Morgan fingerprint density at radius 3 is 2.56 bits per heavy atom. The Labute approximate surface area is 222 Å². The van der Waals surface area contributed by atoms with E-state index in [1.165, 1.54) is 43.0 Å². The molecule has 1 amide bonds. The van der Waals surface area contributed by atoms with E-state index < -0.39 is 5.97 Å². The lowest BCUT2D eigenvalue weighted by Crippen LogP contribution is -2.27. The average Bonchev–Trinajstić information content (AvgIpc) is 3.15. The predicted octanol–water partition coefficient (Wildman–Crippen LogP) is 6.04. The van der Waals surface area contributed by atoms with Crippen molar-refractivity contribution in [2.45, 2.75) is 6.61 Å². The summed E-state index contributed by atoms with van der Waals surface area (Å²) in [7, 11) is 3.02. The number of aromatic carboxylic acids is 1. The second-order valence-corrected chi connectivity index (χ2v) is 9.60. The molecule has 4 rings (SSSR count). The van der Waals surface area contributed by atoms with E-state index in [-0.39, 0.29) is 23.1 Å². The molecule has 0 aliphatic carbocycles. The molecule has 0 atom stereocenters. The Hall–Kier alpha value is -3.53. The summed E-state index contributed by atoms with van der Waals surface area (Å²) in [6.07, 6.45) is 1.68. The second kappa shape index (κ2) is 11.0. The van der Waals surface area contributed by atoms with Gasteiger partial charge in [0.2, 0.25) is 0 Å². The van der Waals surface area contributed by atoms with Crippen LogP contribution >= 0.6 is 35.6 Å². The molecule has 0 unspecified atom stereocenters. The first-order chi connectivity index (χ1) is 17.3. The summed E-state index contributed by atoms with van der Waals surface area (Å²) in [4.78, 5) is 26.3. The van der Waals surface area contributed by atoms with E-state index in [4.69, 9.17) is 38.0 Å². The fourth-order valence-electron chi connectivity index (χ4n) is 3.55. The van der Waals surface area contributed by atoms with E-state index in [0.717, 1.165) is 0 Å². The van der Waals surface area contributed by atoms with Crippen LogP contribution in [0.5, 0.6) is 17.2 Å². The molecule has 1 saturated heterocycles. The molecule has 0 spiro atoms. The summed E-state index contributed by atoms with van der Waals surface area (Å²) >= 11 is 13.1. The number of anilines is 1. The van der Waals surface area contributed by atoms with Gasteiger partial charge in [-0.25, -0.2) is 4.79 Å². The summed E-state index contributed by atoms with van der Waals surface area (Å²) in [5.74, 6) is -0.0896. The first-order valence-corrected chi connectivity index (χ1v) is 12.2. The van der Waals surface area contributed by atoms with Gasteiger partial charge in [-0.2, -0.15) is 0 Å². The molecule has 184 valence electrons. The lowest BCUT2D eigenvalue weighted by molar-refractivity contribution is -0.113. The number of halogens is 1. The lowest BCUT2D eigenvalue weighted by atomic mass is 10.1. The smallest absolute Gasteiger partial charge is 0.335 e. The van der Waals surface area contributed by atoms with Crippen molar-refractivity contribution in [2.24, 2.45) is 0 Å². The van der Waals surface area contributed by atoms with Crippen molar-refractivity contribution < 1.29 is 28.9 Å². The highest BCUT2D eigenvalue weighted by atomic mass is 35.5. The lowest BCUT2D eigenvalue weighted by Gasteiger charge is -2.17. The molecule has 36 heavy (non-hydrogen) atoms. The predicted molar refractivity (Wildman–Crippen MR) is 144 cm³/mol. The summed E-state index contributed by atoms with van der Waals surface area (Å²) in [6.45, 7) is 0.0914. The third-order valence-corrected chi connectivity index (χ3v) is 6.81. The van der Waals surface area contributed by atoms with E-state index in [1.807, 2.05) is 6.07 Å². The van der Waals surface area contributed by atoms with Gasteiger partial charge in [0.05, 0.1) is 35.4 Å². The normalized spacial score (nSPS) is 14.3. The van der Waals surface area contributed by atoms with E-state index >= 15 is 0 Å². The minimum atomic E-state index is -1.02. The fraction of sp³-hybridized carbons (Fsp3) is 0.115. The second-order valence-electron chi connectivity index (χ2n) is 7.52. The monoisotopic (exact) mass is 541 g/mol. The molecule has 0 radical (unpaired) electrons. The summed E-state index contributed by atoms with van der Waals surface area (Å²) in [5, 5.41) is 9.45. The van der Waals surface area contributed by atoms with Crippen LogP contribution in [-0.4, -0.2) is 35.5 Å². The number of methoxy groups -OCH3 is 2. The van der Waals surface area contributed by atoms with Gasteiger partial charge in [0.1, 0.15) is 12.4 Å². The number of amides is 1. The molecule has 7 nitrogen and oxygen atoms in total. The van der Waals surface area contributed by atoms with Gasteiger partial charge in [0, 0.05) is 0 Å². The van der Waals surface area contributed by atoms with Gasteiger partial charge in [-0.05, 0) is 53.6 Å². The maximum atomic E-state index is 13.2. The highest BCUT2D eigenvalue weighted by Crippen LogP contribution is 2.42. The minimum absolute atomic E-state index is 0.0914. The van der Waals surface area contributed by atoms with Crippen LogP contribution in [0.25, 0.3) is 6.08 Å². The van der Waals surface area contributed by atoms with Gasteiger partial charge >= 0.3 is 5.97 Å². The van der Waals surface area contributed by atoms with Gasteiger partial charge in [0.25, 0.3) is 5.91 Å². The maximum absolute atomic E-state index is 13.2. The molecule has 1 heterocycles. The van der Waals surface area contributed by atoms with E-state index in [1.54, 1.807) is 48.5 Å². The van der Waals surface area contributed by atoms with Crippen molar-refractivity contribution in [3.05, 3.63) is 87.3 Å². The largest absolute Gasteiger partial charge is 0.495 e. The zero-order chi connectivity index (χ0) is 25.8. The molecule has 1 N–H and O–H groups in total. The molecular formula is C26H20ClNO6S2. The minimum Gasteiger partial charge on any atom is -0.495 e. The molecule has 1 aliphatic rings. The first-order valence-electron chi connectivity index (χ1n) is 10.6. The van der Waals surface area contributed by atoms with Crippen molar-refractivity contribution >= 4 is 63.5 Å². The van der Waals surface area contributed by atoms with Gasteiger partial charge in [0.15, 0.2) is 15.8 Å². The Morgan fingerprint density at radius 2 is 1.83 bits per heavy atom. The average molecular weight is 542 g/mol. The highest BCUT2D eigenvalue weighted by Gasteiger charge is 2.35. The SMILES string of the molecule is COc1ccccc1N1C(=O)/C(=C\c2cc(Cl)c(OCc3cccc(C(=O)O)c3)c(OC)c2)SC1=S. The molecule has 0 saturated carbocycles. The molecule has 0 aromatic heterocycles. The van der Waals surface area contributed by atoms with Crippen LogP contribution < -0.4 is 19.1 Å². The Bertz CT molecular complexity index is 1390. The van der Waals surface area contributed by atoms with Crippen molar-refractivity contribution in [1.29, 1.82) is 0 Å². The van der Waals surface area contributed by atoms with E-state index in [0.29, 0.717) is 43.3 Å². The van der Waals surface area contributed by atoms with Gasteiger partial charge in [-0.3, -0.25) is 9.69 Å². The molecule has 3 aromatic carbocycles. The van der Waals surface area contributed by atoms with Crippen molar-refractivity contribution in [1.82, 2.24) is 0 Å². The van der Waals surface area contributed by atoms with Gasteiger partial charge < -0.3 is 19.3 Å². The topological polar surface area (TPSA) is 85.3 Å². The number of thiocarbonyl (C=S) groups is 1. The number of carbonyl (C=O) groups is 2. The molecule has 0 bridgehead atoms. The number of hydrogen-bond donors (Lipinski definition) is 1. The Morgan fingerprint density at radius 1 is 1.08 bits per heavy atom. The molecule has 10 heteroatoms. The molecular weight excluding hydrogens is 522 g/mol. The number of carboxylic acid groups (broad SMARTS) is 1. The standard InChI is InChI=1S/C26H20ClNO6S2/c1-32-20-9-4-3-8-19(20)28-24(29)22(36-26(28)35)13-16-11-18(27)23(21(12-16)33-2)34-14-15-6-5-7-17(10-15)25(30)31/h3-13H,14H2,1-2H3,(H,30,31)/b22-13+. The zero-order valence-corrected chi connectivity index (χ0v) is 21.6. The molecule has 1 fully saturated rings. The van der Waals surface area contributed by atoms with Crippen LogP contribution in [0.2, 0.25) is 5.02 Å². The Balaban J connectivity index is 1.58. The van der Waals surface area contributed by atoms with Crippen LogP contribution in [0.15, 0.2) is 65.6 Å². The van der Waals surface area contributed by atoms with Crippen LogP contribution in [0.1, 0.15) is 21.5 Å². The number of hydrogen-bond acceptors (Lipinski definition) is 7. The Kier molecular flexibility index (Phi) is 7.83. The van der Waals surface area contributed by atoms with Crippen molar-refractivity contribution in [2.75, 3.05) is 19.1 Å². The van der Waals surface area contributed by atoms with E-state index in [9.17, 15) is 14.7 Å². The summed E-state index contributed by atoms with van der Waals surface area (Å²) in [5.41, 5.74) is 2.02. The van der Waals surface area contributed by atoms with Crippen LogP contribution in [0.3, 0.4) is 0 Å². The van der Waals surface area contributed by atoms with Crippen LogP contribution in [-0.2, 0) is 11.4 Å². The molecule has 1 aliphatic heterocycles. The number of ether oxygens (including phenoxy) is 3. The molecule has 3 aromatic rings. The van der Waals surface area contributed by atoms with Crippen molar-refractivity contribution in [3.63, 3.8) is 0 Å². The number of carbonyl (C=O) groups excluding carboxylic acids is 1. The number of rotatable bonds is 8. The first kappa shape index (κ1) is 25.6. The van der Waals surface area contributed by atoms with Gasteiger partial charge in [-0.15, -0.1) is 0 Å².